The van der Waals surface area contributed by atoms with Crippen molar-refractivity contribution in [2.45, 2.75) is 26.0 Å². The zero-order valence-electron chi connectivity index (χ0n) is 15.2. The van der Waals surface area contributed by atoms with Crippen LogP contribution in [0.15, 0.2) is 47.3 Å². The first kappa shape index (κ1) is 17.5. The summed E-state index contributed by atoms with van der Waals surface area (Å²) in [7, 11) is 0. The molecule has 0 aliphatic carbocycles. The van der Waals surface area contributed by atoms with Gasteiger partial charge in [-0.2, -0.15) is 0 Å². The van der Waals surface area contributed by atoms with Gasteiger partial charge in [-0.15, -0.1) is 0 Å². The average molecular weight is 366 g/mol. The van der Waals surface area contributed by atoms with Crippen LogP contribution in [-0.4, -0.2) is 46.5 Å². The molecule has 1 saturated heterocycles. The molecule has 1 amide bonds. The summed E-state index contributed by atoms with van der Waals surface area (Å²) in [6.45, 7) is 4.44. The minimum absolute atomic E-state index is 0.0961. The lowest BCUT2D eigenvalue weighted by molar-refractivity contribution is 0.0695. The second-order valence-electron chi connectivity index (χ2n) is 6.58. The molecule has 140 valence electrons. The predicted octanol–water partition coefficient (Wildman–Crippen LogP) is 2.63. The van der Waals surface area contributed by atoms with E-state index >= 15 is 0 Å². The number of hydrogen-bond acceptors (Lipinski definition) is 6. The molecule has 0 spiro atoms. The Kier molecular flexibility index (Phi) is 5.02. The van der Waals surface area contributed by atoms with Crippen LogP contribution in [0.3, 0.4) is 0 Å². The SMILES string of the molecule is CC[C@H]1CN(C(=O)c2coc(COc3cccc4cnccc34)n2)CCN1. The molecule has 1 N–H and O–H groups in total. The van der Waals surface area contributed by atoms with Gasteiger partial charge in [0.2, 0.25) is 5.89 Å². The first-order valence-electron chi connectivity index (χ1n) is 9.17. The number of nitrogens with zero attached hydrogens (tertiary/aromatic N) is 3. The van der Waals surface area contributed by atoms with Gasteiger partial charge in [-0.1, -0.05) is 19.1 Å². The van der Waals surface area contributed by atoms with Gasteiger partial charge in [-0.25, -0.2) is 4.98 Å². The summed E-state index contributed by atoms with van der Waals surface area (Å²) in [5, 5.41) is 5.38. The molecule has 0 unspecified atom stereocenters. The number of piperazine rings is 1. The van der Waals surface area contributed by atoms with Crippen molar-refractivity contribution in [1.82, 2.24) is 20.2 Å². The van der Waals surface area contributed by atoms with Gasteiger partial charge in [0, 0.05) is 48.8 Å². The third-order valence-corrected chi connectivity index (χ3v) is 4.80. The molecule has 1 aliphatic rings. The van der Waals surface area contributed by atoms with Gasteiger partial charge < -0.3 is 19.4 Å². The Balaban J connectivity index is 1.43. The molecular formula is C20H22N4O3. The minimum Gasteiger partial charge on any atom is -0.483 e. The molecular weight excluding hydrogens is 344 g/mol. The number of ether oxygens (including phenoxy) is 1. The molecule has 1 aliphatic heterocycles. The smallest absolute Gasteiger partial charge is 0.275 e. The van der Waals surface area contributed by atoms with E-state index < -0.39 is 0 Å². The number of oxazole rings is 1. The van der Waals surface area contributed by atoms with E-state index in [0.717, 1.165) is 29.5 Å². The molecule has 0 radical (unpaired) electrons. The molecule has 7 nitrogen and oxygen atoms in total. The van der Waals surface area contributed by atoms with Crippen LogP contribution in [0.1, 0.15) is 29.7 Å². The summed E-state index contributed by atoms with van der Waals surface area (Å²) < 4.78 is 11.3. The summed E-state index contributed by atoms with van der Waals surface area (Å²) in [6.07, 6.45) is 5.93. The van der Waals surface area contributed by atoms with Crippen LogP contribution in [0.2, 0.25) is 0 Å². The highest BCUT2D eigenvalue weighted by atomic mass is 16.5. The molecule has 2 aromatic heterocycles. The number of carbonyl (C=O) groups is 1. The minimum atomic E-state index is -0.0961. The summed E-state index contributed by atoms with van der Waals surface area (Å²) in [4.78, 5) is 22.9. The van der Waals surface area contributed by atoms with Crippen molar-refractivity contribution in [3.05, 3.63) is 54.5 Å². The van der Waals surface area contributed by atoms with Gasteiger partial charge in [0.15, 0.2) is 12.3 Å². The molecule has 1 aromatic carbocycles. The Morgan fingerprint density at radius 1 is 1.41 bits per heavy atom. The molecule has 1 fully saturated rings. The zero-order chi connectivity index (χ0) is 18.6. The number of rotatable bonds is 5. The van der Waals surface area contributed by atoms with Crippen molar-refractivity contribution in [2.75, 3.05) is 19.6 Å². The fourth-order valence-electron chi connectivity index (χ4n) is 3.28. The number of hydrogen-bond donors (Lipinski definition) is 1. The molecule has 0 bridgehead atoms. The van der Waals surface area contributed by atoms with Gasteiger partial charge in [0.1, 0.15) is 12.0 Å². The van der Waals surface area contributed by atoms with Gasteiger partial charge in [-0.05, 0) is 18.6 Å². The lowest BCUT2D eigenvalue weighted by Crippen LogP contribution is -2.52. The molecule has 3 heterocycles. The highest BCUT2D eigenvalue weighted by Crippen LogP contribution is 2.25. The third kappa shape index (κ3) is 3.78. The number of carbonyl (C=O) groups excluding carboxylic acids is 1. The van der Waals surface area contributed by atoms with E-state index in [1.807, 2.05) is 29.2 Å². The highest BCUT2D eigenvalue weighted by Gasteiger charge is 2.25. The van der Waals surface area contributed by atoms with Crippen molar-refractivity contribution in [3.8, 4) is 5.75 Å². The van der Waals surface area contributed by atoms with Crippen molar-refractivity contribution < 1.29 is 13.9 Å². The van der Waals surface area contributed by atoms with Gasteiger partial charge >= 0.3 is 0 Å². The van der Waals surface area contributed by atoms with Crippen molar-refractivity contribution >= 4 is 16.7 Å². The van der Waals surface area contributed by atoms with Crippen LogP contribution in [0.5, 0.6) is 5.75 Å². The lowest BCUT2D eigenvalue weighted by atomic mass is 10.1. The van der Waals surface area contributed by atoms with Crippen molar-refractivity contribution in [1.29, 1.82) is 0 Å². The Bertz CT molecular complexity index is 934. The first-order chi connectivity index (χ1) is 13.2. The van der Waals surface area contributed by atoms with Crippen LogP contribution in [0, 0.1) is 0 Å². The first-order valence-corrected chi connectivity index (χ1v) is 9.17. The van der Waals surface area contributed by atoms with E-state index in [2.05, 4.69) is 22.2 Å². The fraction of sp³-hybridized carbons (Fsp3) is 0.350. The summed E-state index contributed by atoms with van der Waals surface area (Å²) in [5.41, 5.74) is 0.326. The monoisotopic (exact) mass is 366 g/mol. The highest BCUT2D eigenvalue weighted by molar-refractivity contribution is 5.92. The second-order valence-corrected chi connectivity index (χ2v) is 6.58. The maximum atomic E-state index is 12.7. The Morgan fingerprint density at radius 3 is 3.22 bits per heavy atom. The summed E-state index contributed by atoms with van der Waals surface area (Å²) >= 11 is 0. The number of nitrogens with one attached hydrogen (secondary N) is 1. The zero-order valence-corrected chi connectivity index (χ0v) is 15.2. The van der Waals surface area contributed by atoms with Gasteiger partial charge in [0.05, 0.1) is 0 Å². The average Bonchev–Trinajstić information content (AvgIpc) is 3.20. The van der Waals surface area contributed by atoms with E-state index in [4.69, 9.17) is 9.15 Å². The van der Waals surface area contributed by atoms with E-state index in [1.165, 1.54) is 6.26 Å². The molecule has 0 saturated carbocycles. The number of aromatic nitrogens is 2. The maximum Gasteiger partial charge on any atom is 0.275 e. The summed E-state index contributed by atoms with van der Waals surface area (Å²) in [5.74, 6) is 1.02. The molecule has 3 aromatic rings. The topological polar surface area (TPSA) is 80.5 Å². The summed E-state index contributed by atoms with van der Waals surface area (Å²) in [6, 6.07) is 8.03. The van der Waals surface area contributed by atoms with Crippen LogP contribution < -0.4 is 10.1 Å². The van der Waals surface area contributed by atoms with Crippen LogP contribution in [0.4, 0.5) is 0 Å². The van der Waals surface area contributed by atoms with Crippen LogP contribution in [-0.2, 0) is 6.61 Å². The lowest BCUT2D eigenvalue weighted by Gasteiger charge is -2.32. The normalized spacial score (nSPS) is 17.2. The maximum absolute atomic E-state index is 12.7. The Morgan fingerprint density at radius 2 is 2.33 bits per heavy atom. The molecule has 7 heteroatoms. The molecule has 27 heavy (non-hydrogen) atoms. The standard InChI is InChI=1S/C20H22N4O3/c1-2-15-11-24(9-8-22-15)20(25)17-12-27-19(23-17)13-26-18-5-3-4-14-10-21-7-6-16(14)18/h3-7,10,12,15,22H,2,8-9,11,13H2,1H3/t15-/m0/s1. The van der Waals surface area contributed by atoms with E-state index in [0.29, 0.717) is 30.7 Å². The number of fused-ring (bicyclic) bond motifs is 1. The third-order valence-electron chi connectivity index (χ3n) is 4.80. The number of benzene rings is 1. The molecule has 1 atom stereocenters. The Hall–Kier alpha value is -2.93. The quantitative estimate of drug-likeness (QED) is 0.748. The van der Waals surface area contributed by atoms with Crippen LogP contribution >= 0.6 is 0 Å². The second kappa shape index (κ2) is 7.75. The fourth-order valence-corrected chi connectivity index (χ4v) is 3.28. The number of pyridine rings is 1. The van der Waals surface area contributed by atoms with Crippen LogP contribution in [0.25, 0.3) is 10.8 Å². The van der Waals surface area contributed by atoms with E-state index in [-0.39, 0.29) is 12.5 Å². The van der Waals surface area contributed by atoms with Crippen molar-refractivity contribution in [3.63, 3.8) is 0 Å². The van der Waals surface area contributed by atoms with E-state index in [9.17, 15) is 4.79 Å². The largest absolute Gasteiger partial charge is 0.483 e. The predicted molar refractivity (Wildman–Crippen MR) is 101 cm³/mol. The Labute approximate surface area is 157 Å². The van der Waals surface area contributed by atoms with Crippen molar-refractivity contribution in [2.24, 2.45) is 0 Å². The molecule has 4 rings (SSSR count). The van der Waals surface area contributed by atoms with Gasteiger partial charge in [0.25, 0.3) is 5.91 Å². The van der Waals surface area contributed by atoms with Gasteiger partial charge in [-0.3, -0.25) is 9.78 Å². The van der Waals surface area contributed by atoms with E-state index in [1.54, 1.807) is 12.4 Å². The number of amides is 1.